The zero-order valence-electron chi connectivity index (χ0n) is 13.0. The molecule has 1 aromatic carbocycles. The third-order valence-electron chi connectivity index (χ3n) is 5.59. The number of carbonyl (C=O) groups excluding carboxylic acids is 1. The van der Waals surface area contributed by atoms with Gasteiger partial charge in [-0.2, -0.15) is 0 Å². The van der Waals surface area contributed by atoms with Crippen LogP contribution in [-0.2, 0) is 9.53 Å². The van der Waals surface area contributed by atoms with Crippen molar-refractivity contribution in [2.45, 2.75) is 25.7 Å². The number of hydrogen-bond acceptors (Lipinski definition) is 3. The van der Waals surface area contributed by atoms with E-state index in [1.54, 1.807) is 0 Å². The molecule has 118 valence electrons. The Balaban J connectivity index is 1.37. The molecule has 0 radical (unpaired) electrons. The number of nitrogens with one attached hydrogen (secondary N) is 1. The fourth-order valence-electron chi connectivity index (χ4n) is 4.38. The van der Waals surface area contributed by atoms with Crippen molar-refractivity contribution >= 4 is 17.3 Å². The van der Waals surface area contributed by atoms with E-state index in [1.165, 1.54) is 24.9 Å². The van der Waals surface area contributed by atoms with E-state index in [2.05, 4.69) is 22.3 Å². The summed E-state index contributed by atoms with van der Waals surface area (Å²) in [5, 5.41) is 3.12. The second-order valence-corrected chi connectivity index (χ2v) is 6.92. The van der Waals surface area contributed by atoms with Crippen molar-refractivity contribution < 1.29 is 9.53 Å². The van der Waals surface area contributed by atoms with Crippen molar-refractivity contribution in [3.63, 3.8) is 0 Å². The number of amides is 1. The molecule has 0 unspecified atom stereocenters. The fraction of sp³-hybridized carbons (Fsp3) is 0.611. The van der Waals surface area contributed by atoms with Gasteiger partial charge in [0.05, 0.1) is 13.2 Å². The summed E-state index contributed by atoms with van der Waals surface area (Å²) < 4.78 is 5.38. The average Bonchev–Trinajstić information content (AvgIpc) is 3.19. The van der Waals surface area contributed by atoms with Gasteiger partial charge in [0.25, 0.3) is 0 Å². The van der Waals surface area contributed by atoms with Gasteiger partial charge in [-0.1, -0.05) is 6.42 Å². The van der Waals surface area contributed by atoms with Crippen molar-refractivity contribution in [1.29, 1.82) is 0 Å². The Morgan fingerprint density at radius 2 is 1.86 bits per heavy atom. The topological polar surface area (TPSA) is 41.6 Å². The molecule has 1 aromatic rings. The number of fused-ring (bicyclic) bond motifs is 2. The Hall–Kier alpha value is -1.55. The molecule has 0 aromatic heterocycles. The standard InChI is InChI=1S/C18H24N2O2/c21-18(17-12-13-1-2-14(17)11-13)19-15-3-5-16(6-4-15)20-7-9-22-10-8-20/h3-6,13-14,17H,1-2,7-12H2,(H,19,21)/t13-,14-,17-/m1/s1. The lowest BCUT2D eigenvalue weighted by atomic mass is 9.88. The summed E-state index contributed by atoms with van der Waals surface area (Å²) in [7, 11) is 0. The van der Waals surface area contributed by atoms with Crippen molar-refractivity contribution in [3.05, 3.63) is 24.3 Å². The molecule has 0 spiro atoms. The Labute approximate surface area is 131 Å². The molecule has 3 atom stereocenters. The van der Waals surface area contributed by atoms with Gasteiger partial charge in [-0.15, -0.1) is 0 Å². The highest BCUT2D eigenvalue weighted by atomic mass is 16.5. The van der Waals surface area contributed by atoms with Gasteiger partial charge >= 0.3 is 0 Å². The SMILES string of the molecule is O=C(Nc1ccc(N2CCOCC2)cc1)[C@@H]1C[C@@H]2CC[C@@H]1C2. The Kier molecular flexibility index (Phi) is 3.78. The number of nitrogens with zero attached hydrogens (tertiary/aromatic N) is 1. The van der Waals surface area contributed by atoms with E-state index < -0.39 is 0 Å². The third kappa shape index (κ3) is 2.72. The first-order valence-electron chi connectivity index (χ1n) is 8.53. The lowest BCUT2D eigenvalue weighted by Crippen LogP contribution is -2.36. The lowest BCUT2D eigenvalue weighted by molar-refractivity contribution is -0.121. The number of hydrogen-bond donors (Lipinski definition) is 1. The van der Waals surface area contributed by atoms with Gasteiger partial charge in [0.1, 0.15) is 0 Å². The molecule has 1 aliphatic heterocycles. The Bertz CT molecular complexity index is 537. The molecule has 1 saturated heterocycles. The molecule has 1 N–H and O–H groups in total. The molecule has 2 saturated carbocycles. The second-order valence-electron chi connectivity index (χ2n) is 6.92. The summed E-state index contributed by atoms with van der Waals surface area (Å²) in [4.78, 5) is 14.8. The zero-order chi connectivity index (χ0) is 14.9. The summed E-state index contributed by atoms with van der Waals surface area (Å²) in [6.45, 7) is 3.47. The summed E-state index contributed by atoms with van der Waals surface area (Å²) in [6, 6.07) is 8.25. The maximum Gasteiger partial charge on any atom is 0.227 e. The van der Waals surface area contributed by atoms with Crippen molar-refractivity contribution in [2.75, 3.05) is 36.5 Å². The molecular formula is C18H24N2O2. The number of carbonyl (C=O) groups is 1. The van der Waals surface area contributed by atoms with Crippen LogP contribution in [0.15, 0.2) is 24.3 Å². The summed E-state index contributed by atoms with van der Waals surface area (Å²) in [6.07, 6.45) is 4.96. The highest BCUT2D eigenvalue weighted by Crippen LogP contribution is 2.48. The molecule has 2 aliphatic carbocycles. The van der Waals surface area contributed by atoms with Crippen LogP contribution >= 0.6 is 0 Å². The minimum atomic E-state index is 0.228. The van der Waals surface area contributed by atoms with E-state index in [9.17, 15) is 4.79 Å². The van der Waals surface area contributed by atoms with Gasteiger partial charge in [0.15, 0.2) is 0 Å². The maximum absolute atomic E-state index is 12.5. The molecule has 1 heterocycles. The molecule has 2 bridgehead atoms. The van der Waals surface area contributed by atoms with E-state index in [0.29, 0.717) is 5.92 Å². The van der Waals surface area contributed by atoms with Crippen molar-refractivity contribution in [3.8, 4) is 0 Å². The van der Waals surface area contributed by atoms with Crippen molar-refractivity contribution in [1.82, 2.24) is 0 Å². The van der Waals surface area contributed by atoms with Crippen LogP contribution < -0.4 is 10.2 Å². The van der Waals surface area contributed by atoms with Gasteiger partial charge in [-0.25, -0.2) is 0 Å². The highest BCUT2D eigenvalue weighted by molar-refractivity contribution is 5.93. The van der Waals surface area contributed by atoms with E-state index in [1.807, 2.05) is 12.1 Å². The quantitative estimate of drug-likeness (QED) is 0.933. The van der Waals surface area contributed by atoms with Gasteiger partial charge in [0, 0.05) is 30.4 Å². The largest absolute Gasteiger partial charge is 0.378 e. The lowest BCUT2D eigenvalue weighted by Gasteiger charge is -2.29. The maximum atomic E-state index is 12.5. The molecule has 4 heteroatoms. The van der Waals surface area contributed by atoms with Crippen LogP contribution in [0.2, 0.25) is 0 Å². The molecule has 3 fully saturated rings. The first-order chi connectivity index (χ1) is 10.8. The van der Waals surface area contributed by atoms with E-state index >= 15 is 0 Å². The van der Waals surface area contributed by atoms with Gasteiger partial charge < -0.3 is 15.0 Å². The number of rotatable bonds is 3. The smallest absolute Gasteiger partial charge is 0.227 e. The van der Waals surface area contributed by atoms with Gasteiger partial charge in [0.2, 0.25) is 5.91 Å². The van der Waals surface area contributed by atoms with Crippen LogP contribution in [0, 0.1) is 17.8 Å². The monoisotopic (exact) mass is 300 g/mol. The molecule has 3 aliphatic rings. The van der Waals surface area contributed by atoms with Crippen LogP contribution in [0.3, 0.4) is 0 Å². The van der Waals surface area contributed by atoms with Crippen LogP contribution in [0.25, 0.3) is 0 Å². The predicted molar refractivity (Wildman–Crippen MR) is 87.0 cm³/mol. The molecule has 22 heavy (non-hydrogen) atoms. The number of ether oxygens (including phenoxy) is 1. The number of morpholine rings is 1. The molecule has 4 rings (SSSR count). The first-order valence-corrected chi connectivity index (χ1v) is 8.53. The minimum Gasteiger partial charge on any atom is -0.378 e. The van der Waals surface area contributed by atoms with Crippen LogP contribution in [0.4, 0.5) is 11.4 Å². The van der Waals surface area contributed by atoms with Gasteiger partial charge in [-0.3, -0.25) is 4.79 Å². The van der Waals surface area contributed by atoms with E-state index in [-0.39, 0.29) is 11.8 Å². The normalized spacial score (nSPS) is 30.5. The molecular weight excluding hydrogens is 276 g/mol. The zero-order valence-corrected chi connectivity index (χ0v) is 13.0. The first kappa shape index (κ1) is 14.1. The van der Waals surface area contributed by atoms with E-state index in [4.69, 9.17) is 4.74 Å². The second kappa shape index (κ2) is 5.92. The van der Waals surface area contributed by atoms with Crippen LogP contribution in [0.1, 0.15) is 25.7 Å². The number of anilines is 2. The highest BCUT2D eigenvalue weighted by Gasteiger charge is 2.42. The van der Waals surface area contributed by atoms with Crippen LogP contribution in [-0.4, -0.2) is 32.2 Å². The fourth-order valence-corrected chi connectivity index (χ4v) is 4.38. The summed E-state index contributed by atoms with van der Waals surface area (Å²) >= 11 is 0. The van der Waals surface area contributed by atoms with Crippen LogP contribution in [0.5, 0.6) is 0 Å². The van der Waals surface area contributed by atoms with E-state index in [0.717, 1.165) is 44.3 Å². The molecule has 1 amide bonds. The minimum absolute atomic E-state index is 0.228. The Morgan fingerprint density at radius 3 is 2.50 bits per heavy atom. The Morgan fingerprint density at radius 1 is 1.09 bits per heavy atom. The average molecular weight is 300 g/mol. The number of benzene rings is 1. The summed E-state index contributed by atoms with van der Waals surface area (Å²) in [5.41, 5.74) is 2.13. The van der Waals surface area contributed by atoms with Gasteiger partial charge in [-0.05, 0) is 55.4 Å². The molecule has 4 nitrogen and oxygen atoms in total. The van der Waals surface area contributed by atoms with Crippen molar-refractivity contribution in [2.24, 2.45) is 17.8 Å². The third-order valence-corrected chi connectivity index (χ3v) is 5.59. The predicted octanol–water partition coefficient (Wildman–Crippen LogP) is 2.90. The summed E-state index contributed by atoms with van der Waals surface area (Å²) in [5.74, 6) is 1.92.